The van der Waals surface area contributed by atoms with Gasteiger partial charge in [0.25, 0.3) is 0 Å². The molecule has 2 aliphatic heterocycles. The lowest BCUT2D eigenvalue weighted by atomic mass is 9.89. The minimum Gasteiger partial charge on any atom is -0.356 e. The van der Waals surface area contributed by atoms with Crippen LogP contribution < -0.4 is 16.0 Å². The quantitative estimate of drug-likeness (QED) is 0.685. The number of benzene rings is 1. The van der Waals surface area contributed by atoms with E-state index in [9.17, 15) is 9.59 Å². The second kappa shape index (κ2) is 9.58. The fourth-order valence-corrected chi connectivity index (χ4v) is 4.12. The number of carbonyl (C=O) groups is 2. The van der Waals surface area contributed by atoms with Crippen LogP contribution in [0.1, 0.15) is 44.1 Å². The number of amides is 2. The van der Waals surface area contributed by atoms with Crippen LogP contribution in [0.3, 0.4) is 0 Å². The van der Waals surface area contributed by atoms with Gasteiger partial charge in [-0.15, -0.1) is 12.4 Å². The van der Waals surface area contributed by atoms with Gasteiger partial charge >= 0.3 is 0 Å². The molecule has 2 bridgehead atoms. The lowest BCUT2D eigenvalue weighted by molar-refractivity contribution is -0.122. The summed E-state index contributed by atoms with van der Waals surface area (Å²) in [6.45, 7) is 2.23. The van der Waals surface area contributed by atoms with Crippen LogP contribution in [0.15, 0.2) is 18.2 Å². The summed E-state index contributed by atoms with van der Waals surface area (Å²) in [6, 6.07) is 6.62. The summed E-state index contributed by atoms with van der Waals surface area (Å²) >= 11 is 6.05. The molecule has 0 spiro atoms. The van der Waals surface area contributed by atoms with E-state index in [-0.39, 0.29) is 30.6 Å². The normalized spacial score (nSPS) is 23.8. The van der Waals surface area contributed by atoms with E-state index in [2.05, 4.69) is 16.0 Å². The van der Waals surface area contributed by atoms with E-state index in [4.69, 9.17) is 11.6 Å². The van der Waals surface area contributed by atoms with Crippen LogP contribution in [0, 0.1) is 12.8 Å². The molecule has 0 saturated carbocycles. The van der Waals surface area contributed by atoms with E-state index in [1.807, 2.05) is 13.0 Å². The van der Waals surface area contributed by atoms with Gasteiger partial charge in [0.05, 0.1) is 0 Å². The van der Waals surface area contributed by atoms with Crippen molar-refractivity contribution in [2.24, 2.45) is 5.92 Å². The van der Waals surface area contributed by atoms with Crippen molar-refractivity contribution in [2.45, 2.75) is 57.5 Å². The van der Waals surface area contributed by atoms with Gasteiger partial charge in [-0.25, -0.2) is 0 Å². The predicted octanol–water partition coefficient (Wildman–Crippen LogP) is 3.44. The van der Waals surface area contributed by atoms with Gasteiger partial charge in [0.1, 0.15) is 0 Å². The van der Waals surface area contributed by atoms with E-state index in [1.165, 1.54) is 12.8 Å². The molecule has 2 atom stereocenters. The fourth-order valence-electron chi connectivity index (χ4n) is 3.95. The van der Waals surface area contributed by atoms with Gasteiger partial charge in [-0.2, -0.15) is 0 Å². The van der Waals surface area contributed by atoms with Crippen LogP contribution in [0.25, 0.3) is 0 Å². The number of hydrogen-bond donors (Lipinski definition) is 3. The van der Waals surface area contributed by atoms with Gasteiger partial charge < -0.3 is 16.0 Å². The highest BCUT2D eigenvalue weighted by Gasteiger charge is 2.34. The summed E-state index contributed by atoms with van der Waals surface area (Å²) in [7, 11) is 0. The minimum absolute atomic E-state index is 0. The highest BCUT2D eigenvalue weighted by atomic mass is 35.5. The molecule has 3 rings (SSSR count). The van der Waals surface area contributed by atoms with E-state index >= 15 is 0 Å². The zero-order valence-corrected chi connectivity index (χ0v) is 16.6. The van der Waals surface area contributed by atoms with Gasteiger partial charge in [-0.1, -0.05) is 17.7 Å². The standard InChI is InChI=1S/C19H26ClN3O2.ClH/c1-12-16(20)3-2-4-17(12)23-18(24)7-8-21-19(25)11-13-9-14-5-6-15(10-13)22-14;/h2-4,13-15,22H,5-11H2,1H3,(H,21,25)(H,23,24);1H. The molecule has 0 aliphatic carbocycles. The van der Waals surface area contributed by atoms with Crippen LogP contribution >= 0.6 is 24.0 Å². The van der Waals surface area contributed by atoms with E-state index in [1.54, 1.807) is 12.1 Å². The summed E-state index contributed by atoms with van der Waals surface area (Å²) in [5.74, 6) is 0.408. The first-order chi connectivity index (χ1) is 12.0. The van der Waals surface area contributed by atoms with E-state index < -0.39 is 0 Å². The van der Waals surface area contributed by atoms with E-state index in [0.29, 0.717) is 41.7 Å². The van der Waals surface area contributed by atoms with Crippen molar-refractivity contribution in [3.8, 4) is 0 Å². The molecule has 1 aromatic rings. The van der Waals surface area contributed by atoms with Crippen molar-refractivity contribution >= 4 is 41.5 Å². The third kappa shape index (κ3) is 5.60. The first-order valence-electron chi connectivity index (χ1n) is 9.09. The molecular weight excluding hydrogens is 373 g/mol. The second-order valence-corrected chi connectivity index (χ2v) is 7.65. The molecule has 1 aromatic carbocycles. The fraction of sp³-hybridized carbons (Fsp3) is 0.579. The highest BCUT2D eigenvalue weighted by Crippen LogP contribution is 2.32. The molecule has 144 valence electrons. The summed E-state index contributed by atoms with van der Waals surface area (Å²) in [6.07, 6.45) is 5.51. The lowest BCUT2D eigenvalue weighted by Crippen LogP contribution is -2.40. The maximum Gasteiger partial charge on any atom is 0.226 e. The Balaban J connectivity index is 0.00000243. The Morgan fingerprint density at radius 1 is 1.19 bits per heavy atom. The molecular formula is C19H27Cl2N3O2. The number of rotatable bonds is 6. The van der Waals surface area contributed by atoms with Gasteiger partial charge in [0.15, 0.2) is 0 Å². The average molecular weight is 400 g/mol. The molecule has 26 heavy (non-hydrogen) atoms. The van der Waals surface area contributed by atoms with Crippen molar-refractivity contribution < 1.29 is 9.59 Å². The van der Waals surface area contributed by atoms with Crippen molar-refractivity contribution in [2.75, 3.05) is 11.9 Å². The number of piperidine rings is 1. The molecule has 2 fully saturated rings. The van der Waals surface area contributed by atoms with Gasteiger partial charge in [0.2, 0.25) is 11.8 Å². The third-order valence-electron chi connectivity index (χ3n) is 5.26. The Labute approximate surface area is 166 Å². The Kier molecular flexibility index (Phi) is 7.74. The highest BCUT2D eigenvalue weighted by molar-refractivity contribution is 6.31. The number of fused-ring (bicyclic) bond motifs is 2. The van der Waals surface area contributed by atoms with Crippen molar-refractivity contribution in [3.63, 3.8) is 0 Å². The summed E-state index contributed by atoms with van der Waals surface area (Å²) in [5.41, 5.74) is 1.57. The minimum atomic E-state index is -0.120. The summed E-state index contributed by atoms with van der Waals surface area (Å²) in [4.78, 5) is 24.1. The Hall–Kier alpha value is -1.30. The molecule has 0 radical (unpaired) electrons. The molecule has 2 aliphatic rings. The molecule has 7 heteroatoms. The van der Waals surface area contributed by atoms with Crippen LogP contribution in [0.4, 0.5) is 5.69 Å². The van der Waals surface area contributed by atoms with Crippen molar-refractivity contribution in [1.29, 1.82) is 0 Å². The van der Waals surface area contributed by atoms with Crippen molar-refractivity contribution in [1.82, 2.24) is 10.6 Å². The molecule has 0 aromatic heterocycles. The van der Waals surface area contributed by atoms with Crippen LogP contribution in [-0.2, 0) is 9.59 Å². The number of carbonyl (C=O) groups excluding carboxylic acids is 2. The van der Waals surface area contributed by atoms with Gasteiger partial charge in [0, 0.05) is 42.2 Å². The molecule has 2 amide bonds. The Morgan fingerprint density at radius 3 is 2.58 bits per heavy atom. The number of halogens is 2. The number of nitrogens with one attached hydrogen (secondary N) is 3. The summed E-state index contributed by atoms with van der Waals surface area (Å²) in [5, 5.41) is 9.94. The lowest BCUT2D eigenvalue weighted by Gasteiger charge is -2.28. The largest absolute Gasteiger partial charge is 0.356 e. The van der Waals surface area contributed by atoms with Crippen LogP contribution in [0.2, 0.25) is 5.02 Å². The van der Waals surface area contributed by atoms with Gasteiger partial charge in [-0.05, 0) is 56.2 Å². The predicted molar refractivity (Wildman–Crippen MR) is 107 cm³/mol. The van der Waals surface area contributed by atoms with Crippen molar-refractivity contribution in [3.05, 3.63) is 28.8 Å². The topological polar surface area (TPSA) is 70.2 Å². The molecule has 3 N–H and O–H groups in total. The zero-order chi connectivity index (χ0) is 17.8. The smallest absolute Gasteiger partial charge is 0.226 e. The summed E-state index contributed by atoms with van der Waals surface area (Å²) < 4.78 is 0. The second-order valence-electron chi connectivity index (χ2n) is 7.24. The third-order valence-corrected chi connectivity index (χ3v) is 5.67. The molecule has 5 nitrogen and oxygen atoms in total. The molecule has 2 saturated heterocycles. The molecule has 2 unspecified atom stereocenters. The zero-order valence-electron chi connectivity index (χ0n) is 15.0. The monoisotopic (exact) mass is 399 g/mol. The van der Waals surface area contributed by atoms with Crippen LogP contribution in [0.5, 0.6) is 0 Å². The number of anilines is 1. The average Bonchev–Trinajstić information content (AvgIpc) is 2.90. The van der Waals surface area contributed by atoms with Crippen LogP contribution in [-0.4, -0.2) is 30.4 Å². The molecule has 2 heterocycles. The van der Waals surface area contributed by atoms with E-state index in [0.717, 1.165) is 18.4 Å². The Bertz CT molecular complexity index is 642. The SMILES string of the molecule is Cc1c(Cl)cccc1NC(=O)CCNC(=O)CC1CC2CCC(C1)N2.Cl. The maximum absolute atomic E-state index is 12.1. The Morgan fingerprint density at radius 2 is 1.88 bits per heavy atom. The number of hydrogen-bond acceptors (Lipinski definition) is 3. The first kappa shape index (κ1) is 21.0. The first-order valence-corrected chi connectivity index (χ1v) is 9.46. The van der Waals surface area contributed by atoms with Gasteiger partial charge in [-0.3, -0.25) is 9.59 Å². The maximum atomic E-state index is 12.1.